The minimum Gasteiger partial charge on any atom is -0.372 e. The van der Waals surface area contributed by atoms with Crippen molar-refractivity contribution in [1.82, 2.24) is 0 Å². The van der Waals surface area contributed by atoms with Gasteiger partial charge in [-0.15, -0.1) is 0 Å². The third-order valence-corrected chi connectivity index (χ3v) is 3.89. The second-order valence-corrected chi connectivity index (χ2v) is 5.71. The molecule has 0 bridgehead atoms. The zero-order valence-electron chi connectivity index (χ0n) is 10.1. The summed E-state index contributed by atoms with van der Waals surface area (Å²) in [6.45, 7) is 4.14. The van der Waals surface area contributed by atoms with E-state index in [0.29, 0.717) is 12.8 Å². The highest BCUT2D eigenvalue weighted by atomic mass is 16.5. The maximum absolute atomic E-state index is 11.8. The van der Waals surface area contributed by atoms with E-state index in [2.05, 4.69) is 19.9 Å². The lowest BCUT2D eigenvalue weighted by molar-refractivity contribution is -0.125. The van der Waals surface area contributed by atoms with Crippen molar-refractivity contribution in [1.29, 1.82) is 5.26 Å². The number of rotatable bonds is 2. The van der Waals surface area contributed by atoms with Crippen LogP contribution >= 0.6 is 0 Å². The molecule has 2 unspecified atom stereocenters. The van der Waals surface area contributed by atoms with Gasteiger partial charge in [-0.3, -0.25) is 4.79 Å². The molecule has 88 valence electrons. The predicted molar refractivity (Wildman–Crippen MR) is 59.7 cm³/mol. The fourth-order valence-corrected chi connectivity index (χ4v) is 2.92. The minimum atomic E-state index is -0.731. The Hall–Kier alpha value is -0.880. The minimum absolute atomic E-state index is 0.0804. The smallest absolute Gasteiger partial charge is 0.153 e. The molecule has 2 rings (SSSR count). The van der Waals surface area contributed by atoms with Crippen molar-refractivity contribution in [2.45, 2.75) is 64.1 Å². The van der Waals surface area contributed by atoms with E-state index < -0.39 is 5.41 Å². The molecule has 1 saturated carbocycles. The van der Waals surface area contributed by atoms with Crippen LogP contribution in [0.3, 0.4) is 0 Å². The highest BCUT2D eigenvalue weighted by molar-refractivity contribution is 5.89. The molecular formula is C13H19NO2. The maximum atomic E-state index is 11.8. The summed E-state index contributed by atoms with van der Waals surface area (Å²) in [4.78, 5) is 11.8. The van der Waals surface area contributed by atoms with Gasteiger partial charge in [-0.05, 0) is 46.0 Å². The second-order valence-electron chi connectivity index (χ2n) is 5.71. The van der Waals surface area contributed by atoms with Gasteiger partial charge in [0.1, 0.15) is 5.41 Å². The SMILES string of the molecule is CC1(C)CCC(CC2(C#N)CCCC2=O)O1. The molecule has 0 aromatic heterocycles. The summed E-state index contributed by atoms with van der Waals surface area (Å²) in [6.07, 6.45) is 4.86. The van der Waals surface area contributed by atoms with Gasteiger partial charge in [0.15, 0.2) is 5.78 Å². The number of Topliss-reactive ketones (excluding diaryl/α,β-unsaturated/α-hetero) is 1. The van der Waals surface area contributed by atoms with Gasteiger partial charge in [-0.2, -0.15) is 5.26 Å². The average Bonchev–Trinajstić information content (AvgIpc) is 2.72. The Morgan fingerprint density at radius 1 is 1.50 bits per heavy atom. The summed E-state index contributed by atoms with van der Waals surface area (Å²) in [7, 11) is 0. The zero-order valence-corrected chi connectivity index (χ0v) is 10.1. The van der Waals surface area contributed by atoms with E-state index in [1.165, 1.54) is 0 Å². The molecule has 2 atom stereocenters. The molecule has 1 aliphatic heterocycles. The van der Waals surface area contributed by atoms with Gasteiger partial charge < -0.3 is 4.74 Å². The van der Waals surface area contributed by atoms with Crippen molar-refractivity contribution in [2.75, 3.05) is 0 Å². The molecule has 0 N–H and O–H groups in total. The number of carbonyl (C=O) groups is 1. The summed E-state index contributed by atoms with van der Waals surface area (Å²) in [6, 6.07) is 2.25. The molecule has 0 radical (unpaired) electrons. The van der Waals surface area contributed by atoms with Gasteiger partial charge in [0, 0.05) is 6.42 Å². The fourth-order valence-electron chi connectivity index (χ4n) is 2.92. The van der Waals surface area contributed by atoms with Crippen LogP contribution in [-0.2, 0) is 9.53 Å². The monoisotopic (exact) mass is 221 g/mol. The van der Waals surface area contributed by atoms with Gasteiger partial charge >= 0.3 is 0 Å². The Morgan fingerprint density at radius 2 is 2.25 bits per heavy atom. The molecule has 1 aliphatic carbocycles. The lowest BCUT2D eigenvalue weighted by Gasteiger charge is -2.25. The molecule has 0 spiro atoms. The summed E-state index contributed by atoms with van der Waals surface area (Å²) < 4.78 is 5.88. The number of hydrogen-bond donors (Lipinski definition) is 0. The Kier molecular flexibility index (Phi) is 2.79. The lowest BCUT2D eigenvalue weighted by atomic mass is 9.81. The van der Waals surface area contributed by atoms with Gasteiger partial charge in [0.05, 0.1) is 17.8 Å². The van der Waals surface area contributed by atoms with Crippen LogP contribution in [0.2, 0.25) is 0 Å². The van der Waals surface area contributed by atoms with E-state index in [9.17, 15) is 10.1 Å². The van der Waals surface area contributed by atoms with Crippen molar-refractivity contribution in [3.63, 3.8) is 0 Å². The maximum Gasteiger partial charge on any atom is 0.153 e. The van der Waals surface area contributed by atoms with Crippen LogP contribution in [0.15, 0.2) is 0 Å². The van der Waals surface area contributed by atoms with Gasteiger partial charge in [0.2, 0.25) is 0 Å². The first-order valence-corrected chi connectivity index (χ1v) is 6.10. The van der Waals surface area contributed by atoms with E-state index in [0.717, 1.165) is 25.7 Å². The molecule has 0 amide bonds. The van der Waals surface area contributed by atoms with E-state index in [1.54, 1.807) is 0 Å². The topological polar surface area (TPSA) is 50.1 Å². The molecule has 1 saturated heterocycles. The molecular weight excluding hydrogens is 202 g/mol. The fraction of sp³-hybridized carbons (Fsp3) is 0.846. The zero-order chi connectivity index (χ0) is 11.8. The molecule has 0 aromatic carbocycles. The van der Waals surface area contributed by atoms with Gasteiger partial charge in [-0.1, -0.05) is 0 Å². The number of nitriles is 1. The highest BCUT2D eigenvalue weighted by Crippen LogP contribution is 2.42. The number of ether oxygens (including phenoxy) is 1. The van der Waals surface area contributed by atoms with Gasteiger partial charge in [-0.25, -0.2) is 0 Å². The molecule has 3 heteroatoms. The van der Waals surface area contributed by atoms with E-state index in [1.807, 2.05) is 0 Å². The number of nitrogens with zero attached hydrogens (tertiary/aromatic N) is 1. The molecule has 2 fully saturated rings. The van der Waals surface area contributed by atoms with Crippen LogP contribution < -0.4 is 0 Å². The third kappa shape index (κ3) is 1.99. The van der Waals surface area contributed by atoms with Crippen LogP contribution in [0.25, 0.3) is 0 Å². The van der Waals surface area contributed by atoms with E-state index in [-0.39, 0.29) is 17.5 Å². The third-order valence-electron chi connectivity index (χ3n) is 3.89. The predicted octanol–water partition coefficient (Wildman–Crippen LogP) is 2.60. The summed E-state index contributed by atoms with van der Waals surface area (Å²) in [5.74, 6) is 0.128. The first-order chi connectivity index (χ1) is 7.47. The standard InChI is InChI=1S/C13H19NO2/c1-12(2)7-5-10(16-12)8-13(9-14)6-3-4-11(13)15/h10H,3-8H2,1-2H3. The van der Waals surface area contributed by atoms with Crippen LogP contribution in [0.5, 0.6) is 0 Å². The number of ketones is 1. The first kappa shape index (κ1) is 11.6. The largest absolute Gasteiger partial charge is 0.372 e. The van der Waals surface area contributed by atoms with E-state index >= 15 is 0 Å². The summed E-state index contributed by atoms with van der Waals surface area (Å²) >= 11 is 0. The average molecular weight is 221 g/mol. The Balaban J connectivity index is 2.04. The van der Waals surface area contributed by atoms with Crippen molar-refractivity contribution < 1.29 is 9.53 Å². The van der Waals surface area contributed by atoms with Crippen molar-refractivity contribution in [3.8, 4) is 6.07 Å². The van der Waals surface area contributed by atoms with Crippen molar-refractivity contribution in [2.24, 2.45) is 5.41 Å². The highest BCUT2D eigenvalue weighted by Gasteiger charge is 2.46. The first-order valence-electron chi connectivity index (χ1n) is 6.10. The lowest BCUT2D eigenvalue weighted by Crippen LogP contribution is -2.30. The van der Waals surface area contributed by atoms with Crippen molar-refractivity contribution >= 4 is 5.78 Å². The number of carbonyl (C=O) groups excluding carboxylic acids is 1. The Labute approximate surface area is 96.8 Å². The van der Waals surface area contributed by atoms with Crippen LogP contribution in [0, 0.1) is 16.7 Å². The van der Waals surface area contributed by atoms with Crippen molar-refractivity contribution in [3.05, 3.63) is 0 Å². The number of hydrogen-bond acceptors (Lipinski definition) is 3. The van der Waals surface area contributed by atoms with Crippen LogP contribution in [0.1, 0.15) is 52.4 Å². The molecule has 0 aromatic rings. The summed E-state index contributed by atoms with van der Waals surface area (Å²) in [5, 5.41) is 9.25. The van der Waals surface area contributed by atoms with Crippen LogP contribution in [0.4, 0.5) is 0 Å². The second kappa shape index (κ2) is 3.85. The van der Waals surface area contributed by atoms with Gasteiger partial charge in [0.25, 0.3) is 0 Å². The normalized spacial score (nSPS) is 37.6. The quantitative estimate of drug-likeness (QED) is 0.720. The molecule has 1 heterocycles. The van der Waals surface area contributed by atoms with E-state index in [4.69, 9.17) is 4.74 Å². The molecule has 3 nitrogen and oxygen atoms in total. The summed E-state index contributed by atoms with van der Waals surface area (Å²) in [5.41, 5.74) is -0.811. The molecule has 2 aliphatic rings. The Morgan fingerprint density at radius 3 is 2.69 bits per heavy atom. The molecule has 16 heavy (non-hydrogen) atoms. The Bertz CT molecular complexity index is 342. The van der Waals surface area contributed by atoms with Crippen LogP contribution in [-0.4, -0.2) is 17.5 Å².